The molecular formula is C27H20ClFN4OS. The van der Waals surface area contributed by atoms with Crippen molar-refractivity contribution < 1.29 is 9.13 Å². The van der Waals surface area contributed by atoms with Crippen molar-refractivity contribution in [3.63, 3.8) is 0 Å². The van der Waals surface area contributed by atoms with E-state index in [4.69, 9.17) is 28.6 Å². The number of nitrogens with one attached hydrogen (secondary N) is 2. The van der Waals surface area contributed by atoms with Crippen LogP contribution in [-0.4, -0.2) is 15.0 Å². The summed E-state index contributed by atoms with van der Waals surface area (Å²) in [6.07, 6.45) is 3.09. The highest BCUT2D eigenvalue weighted by Gasteiger charge is 2.07. The Morgan fingerprint density at radius 2 is 1.91 bits per heavy atom. The maximum atomic E-state index is 13.4. The van der Waals surface area contributed by atoms with E-state index in [0.29, 0.717) is 38.4 Å². The summed E-state index contributed by atoms with van der Waals surface area (Å²) in [6.45, 7) is 2.03. The summed E-state index contributed by atoms with van der Waals surface area (Å²) in [7, 11) is 0. The van der Waals surface area contributed by atoms with Crippen molar-refractivity contribution in [1.29, 1.82) is 0 Å². The Morgan fingerprint density at radius 1 is 1.06 bits per heavy atom. The summed E-state index contributed by atoms with van der Waals surface area (Å²) in [5, 5.41) is 6.74. The van der Waals surface area contributed by atoms with E-state index in [1.54, 1.807) is 30.5 Å². The lowest BCUT2D eigenvalue weighted by Crippen LogP contribution is -2.03. The third-order valence-electron chi connectivity index (χ3n) is 4.71. The lowest BCUT2D eigenvalue weighted by Gasteiger charge is -2.11. The molecule has 0 unspecified atom stereocenters. The van der Waals surface area contributed by atoms with Crippen LogP contribution in [0.4, 0.5) is 21.6 Å². The Bertz CT molecular complexity index is 1430. The van der Waals surface area contributed by atoms with E-state index in [0.717, 1.165) is 11.3 Å². The second kappa shape index (κ2) is 11.4. The van der Waals surface area contributed by atoms with Gasteiger partial charge in [0, 0.05) is 23.1 Å². The molecule has 0 aliphatic carbocycles. The standard InChI is InChI=1S/C27H20ClFN4OS/c1-18(35)32-23-7-3-4-19(13-23)8-9-21-15-30-17-31-27(21)33-24-10-11-26(25(28)14-24)34-16-20-5-2-6-22(29)12-20/h2-7,10-15,17H,16H2,1H3,(H,32,35)(H,30,31,33). The third kappa shape index (κ3) is 7.00. The fourth-order valence-electron chi connectivity index (χ4n) is 3.16. The zero-order valence-electron chi connectivity index (χ0n) is 18.7. The van der Waals surface area contributed by atoms with Gasteiger partial charge in [0.15, 0.2) is 0 Å². The van der Waals surface area contributed by atoms with Gasteiger partial charge in [-0.25, -0.2) is 14.4 Å². The summed E-state index contributed by atoms with van der Waals surface area (Å²) in [6, 6.07) is 19.2. The van der Waals surface area contributed by atoms with Crippen molar-refractivity contribution in [3.8, 4) is 17.6 Å². The second-order valence-electron chi connectivity index (χ2n) is 7.49. The molecule has 0 radical (unpaired) electrons. The normalized spacial score (nSPS) is 10.1. The van der Waals surface area contributed by atoms with Crippen LogP contribution in [0.15, 0.2) is 79.3 Å². The molecule has 3 aromatic carbocycles. The molecule has 0 fully saturated rings. The minimum atomic E-state index is -0.310. The van der Waals surface area contributed by atoms with Crippen molar-refractivity contribution >= 4 is 46.0 Å². The summed E-state index contributed by atoms with van der Waals surface area (Å²) in [5.41, 5.74) is 3.74. The molecule has 4 aromatic rings. The van der Waals surface area contributed by atoms with Crippen LogP contribution in [0.5, 0.6) is 5.75 Å². The van der Waals surface area contributed by atoms with Gasteiger partial charge >= 0.3 is 0 Å². The number of hydrogen-bond acceptors (Lipinski definition) is 5. The topological polar surface area (TPSA) is 59.1 Å². The zero-order chi connectivity index (χ0) is 24.6. The number of rotatable bonds is 6. The number of aromatic nitrogens is 2. The van der Waals surface area contributed by atoms with E-state index in [9.17, 15) is 4.39 Å². The molecule has 0 saturated heterocycles. The largest absolute Gasteiger partial charge is 0.487 e. The smallest absolute Gasteiger partial charge is 0.149 e. The Kier molecular flexibility index (Phi) is 7.88. The lowest BCUT2D eigenvalue weighted by atomic mass is 10.2. The van der Waals surface area contributed by atoms with Gasteiger partial charge in [-0.1, -0.05) is 53.9 Å². The molecule has 4 rings (SSSR count). The van der Waals surface area contributed by atoms with Gasteiger partial charge in [0.05, 0.1) is 15.6 Å². The molecular weight excluding hydrogens is 483 g/mol. The minimum Gasteiger partial charge on any atom is -0.487 e. The Hall–Kier alpha value is -3.99. The first kappa shape index (κ1) is 24.1. The first-order valence-corrected chi connectivity index (χ1v) is 11.4. The molecule has 0 spiro atoms. The van der Waals surface area contributed by atoms with Gasteiger partial charge in [0.1, 0.15) is 30.3 Å². The zero-order valence-corrected chi connectivity index (χ0v) is 20.3. The first-order valence-electron chi connectivity index (χ1n) is 10.6. The van der Waals surface area contributed by atoms with Crippen LogP contribution >= 0.6 is 23.8 Å². The van der Waals surface area contributed by atoms with Crippen molar-refractivity contribution in [2.24, 2.45) is 0 Å². The number of thiocarbonyl (C=S) groups is 1. The van der Waals surface area contributed by atoms with Crippen LogP contribution in [0.3, 0.4) is 0 Å². The SMILES string of the molecule is CC(=S)Nc1cccc(C#Cc2cncnc2Nc2ccc(OCc3cccc(F)c3)c(Cl)c2)c1. The highest BCUT2D eigenvalue weighted by atomic mass is 35.5. The van der Waals surface area contributed by atoms with Crippen molar-refractivity contribution in [1.82, 2.24) is 9.97 Å². The number of anilines is 3. The molecule has 8 heteroatoms. The number of nitrogens with zero attached hydrogens (tertiary/aromatic N) is 2. The van der Waals surface area contributed by atoms with Crippen LogP contribution in [0, 0.1) is 17.7 Å². The van der Waals surface area contributed by atoms with E-state index in [2.05, 4.69) is 32.4 Å². The molecule has 2 N–H and O–H groups in total. The quantitative estimate of drug-likeness (QED) is 0.224. The number of ether oxygens (including phenoxy) is 1. The summed E-state index contributed by atoms with van der Waals surface area (Å²) in [4.78, 5) is 9.09. The Labute approximate surface area is 213 Å². The molecule has 5 nitrogen and oxygen atoms in total. The predicted octanol–water partition coefficient (Wildman–Crippen LogP) is 6.75. The van der Waals surface area contributed by atoms with E-state index in [1.807, 2.05) is 37.3 Å². The maximum absolute atomic E-state index is 13.4. The third-order valence-corrected chi connectivity index (χ3v) is 5.11. The van der Waals surface area contributed by atoms with Gasteiger partial charge in [-0.15, -0.1) is 0 Å². The molecule has 1 heterocycles. The fourth-order valence-corrected chi connectivity index (χ4v) is 3.51. The van der Waals surface area contributed by atoms with E-state index >= 15 is 0 Å². The van der Waals surface area contributed by atoms with Crippen molar-refractivity contribution in [2.45, 2.75) is 13.5 Å². The van der Waals surface area contributed by atoms with Gasteiger partial charge in [0.25, 0.3) is 0 Å². The second-order valence-corrected chi connectivity index (χ2v) is 8.51. The van der Waals surface area contributed by atoms with Crippen molar-refractivity contribution in [3.05, 3.63) is 107 Å². The highest BCUT2D eigenvalue weighted by Crippen LogP contribution is 2.30. The monoisotopic (exact) mass is 502 g/mol. The lowest BCUT2D eigenvalue weighted by molar-refractivity contribution is 0.306. The molecule has 174 valence electrons. The highest BCUT2D eigenvalue weighted by molar-refractivity contribution is 7.80. The van der Waals surface area contributed by atoms with E-state index in [-0.39, 0.29) is 12.4 Å². The van der Waals surface area contributed by atoms with Crippen molar-refractivity contribution in [2.75, 3.05) is 10.6 Å². The van der Waals surface area contributed by atoms with E-state index < -0.39 is 0 Å². The van der Waals surface area contributed by atoms with Crippen LogP contribution < -0.4 is 15.4 Å². The van der Waals surface area contributed by atoms with Crippen LogP contribution in [0.25, 0.3) is 0 Å². The first-order chi connectivity index (χ1) is 17.0. The maximum Gasteiger partial charge on any atom is 0.149 e. The number of halogens is 2. The van der Waals surface area contributed by atoms with Gasteiger partial charge in [-0.2, -0.15) is 0 Å². The average molecular weight is 503 g/mol. The van der Waals surface area contributed by atoms with Gasteiger partial charge in [-0.05, 0) is 61.0 Å². The molecule has 0 aliphatic heterocycles. The molecule has 0 bridgehead atoms. The fraction of sp³-hybridized carbons (Fsp3) is 0.0741. The van der Waals surface area contributed by atoms with Gasteiger partial charge < -0.3 is 15.4 Å². The molecule has 1 aromatic heterocycles. The summed E-state index contributed by atoms with van der Waals surface area (Å²) in [5.74, 6) is 6.97. The van der Waals surface area contributed by atoms with Gasteiger partial charge in [0.2, 0.25) is 0 Å². The molecule has 35 heavy (non-hydrogen) atoms. The minimum absolute atomic E-state index is 0.205. The van der Waals surface area contributed by atoms with Crippen LogP contribution in [0.2, 0.25) is 5.02 Å². The summed E-state index contributed by atoms with van der Waals surface area (Å²) >= 11 is 11.5. The molecule has 0 saturated carbocycles. The summed E-state index contributed by atoms with van der Waals surface area (Å²) < 4.78 is 19.1. The Balaban J connectivity index is 1.48. The molecule has 0 amide bonds. The van der Waals surface area contributed by atoms with Gasteiger partial charge in [-0.3, -0.25) is 0 Å². The number of hydrogen-bond donors (Lipinski definition) is 2. The van der Waals surface area contributed by atoms with E-state index in [1.165, 1.54) is 18.5 Å². The number of benzene rings is 3. The predicted molar refractivity (Wildman–Crippen MR) is 142 cm³/mol. The molecule has 0 atom stereocenters. The average Bonchev–Trinajstić information content (AvgIpc) is 2.83. The Morgan fingerprint density at radius 3 is 2.71 bits per heavy atom. The van der Waals surface area contributed by atoms with Crippen LogP contribution in [-0.2, 0) is 6.61 Å². The molecule has 0 aliphatic rings. The van der Waals surface area contributed by atoms with Crippen LogP contribution in [0.1, 0.15) is 23.6 Å².